The minimum absolute atomic E-state index is 0.285. The maximum atomic E-state index is 10.2. The average molecular weight is 131 g/mol. The van der Waals surface area contributed by atoms with Crippen molar-refractivity contribution in [2.24, 2.45) is 0 Å². The van der Waals surface area contributed by atoms with E-state index in [0.717, 1.165) is 6.42 Å². The number of methoxy groups -OCH3 is 1. The molecule has 9 heavy (non-hydrogen) atoms. The number of hydrogen-bond acceptors (Lipinski definition) is 3. The summed E-state index contributed by atoms with van der Waals surface area (Å²) in [6.07, 6.45) is 0.676. The summed E-state index contributed by atoms with van der Waals surface area (Å²) in [6, 6.07) is 0. The summed E-state index contributed by atoms with van der Waals surface area (Å²) in [5.74, 6) is -1.65. The summed E-state index contributed by atoms with van der Waals surface area (Å²) in [7, 11) is 1.20. The Morgan fingerprint density at radius 3 is 2.56 bits per heavy atom. The molecule has 0 saturated heterocycles. The van der Waals surface area contributed by atoms with Crippen molar-refractivity contribution >= 4 is 11.9 Å². The zero-order valence-corrected chi connectivity index (χ0v) is 4.96. The van der Waals surface area contributed by atoms with Crippen molar-refractivity contribution in [3.63, 3.8) is 0 Å². The number of carboxylic acid groups (broad SMARTS) is 1. The molecule has 4 heteroatoms. The maximum Gasteiger partial charge on any atom is 0.496 e. The summed E-state index contributed by atoms with van der Waals surface area (Å²) in [4.78, 5) is 20.0. The van der Waals surface area contributed by atoms with Gasteiger partial charge in [-0.2, -0.15) is 4.79 Å². The summed E-state index contributed by atoms with van der Waals surface area (Å²) in [5.41, 5.74) is 0. The van der Waals surface area contributed by atoms with Crippen LogP contribution in [0.2, 0.25) is 0 Å². The van der Waals surface area contributed by atoms with Crippen LogP contribution in [0.3, 0.4) is 0 Å². The van der Waals surface area contributed by atoms with Crippen LogP contribution in [0, 0.1) is 6.42 Å². The zero-order valence-electron chi connectivity index (χ0n) is 4.96. The number of rotatable bonds is 3. The smallest absolute Gasteiger partial charge is 0.478 e. The van der Waals surface area contributed by atoms with E-state index in [1.54, 1.807) is 0 Å². The molecule has 0 atom stereocenters. The molecule has 4 nitrogen and oxygen atoms in total. The molecule has 50 valence electrons. The number of aliphatic carboxylic acids is 1. The van der Waals surface area contributed by atoms with E-state index < -0.39 is 11.9 Å². The minimum atomic E-state index is -1.04. The van der Waals surface area contributed by atoms with Gasteiger partial charge in [-0.15, -0.1) is 0 Å². The van der Waals surface area contributed by atoms with Crippen molar-refractivity contribution in [1.29, 1.82) is 0 Å². The Morgan fingerprint density at radius 1 is 1.67 bits per heavy atom. The van der Waals surface area contributed by atoms with Gasteiger partial charge in [-0.25, -0.2) is 4.79 Å². The van der Waals surface area contributed by atoms with Crippen molar-refractivity contribution in [3.8, 4) is 0 Å². The predicted octanol–water partition coefficient (Wildman–Crippen LogP) is -0.162. The Kier molecular flexibility index (Phi) is 3.27. The van der Waals surface area contributed by atoms with Crippen LogP contribution in [0.5, 0.6) is 0 Å². The van der Waals surface area contributed by atoms with Crippen LogP contribution >= 0.6 is 0 Å². The highest BCUT2D eigenvalue weighted by Gasteiger charge is 2.15. The molecule has 0 fully saturated rings. The lowest BCUT2D eigenvalue weighted by Crippen LogP contribution is -2.05. The lowest BCUT2D eigenvalue weighted by Gasteiger charge is -1.83. The molecule has 0 saturated carbocycles. The highest BCUT2D eigenvalue weighted by molar-refractivity contribution is 5.84. The first kappa shape index (κ1) is 7.81. The van der Waals surface area contributed by atoms with E-state index >= 15 is 0 Å². The van der Waals surface area contributed by atoms with Crippen LogP contribution < -0.4 is 0 Å². The Hall–Kier alpha value is -1.19. The molecular formula is C5H7O4+. The molecule has 0 radical (unpaired) electrons. The van der Waals surface area contributed by atoms with Gasteiger partial charge in [-0.1, -0.05) is 0 Å². The Balaban J connectivity index is 3.28. The highest BCUT2D eigenvalue weighted by Crippen LogP contribution is 1.88. The van der Waals surface area contributed by atoms with Gasteiger partial charge in [0.1, 0.15) is 0 Å². The molecule has 0 bridgehead atoms. The molecule has 0 aromatic rings. The van der Waals surface area contributed by atoms with Crippen molar-refractivity contribution in [2.45, 2.75) is 6.42 Å². The third-order valence-electron chi connectivity index (χ3n) is 0.645. The number of ether oxygens (including phenoxy) is 1. The van der Waals surface area contributed by atoms with E-state index in [0.29, 0.717) is 0 Å². The molecule has 1 N–H and O–H groups in total. The summed E-state index contributed by atoms with van der Waals surface area (Å²) >= 11 is 0. The highest BCUT2D eigenvalue weighted by atomic mass is 16.5. The van der Waals surface area contributed by atoms with Crippen LogP contribution in [-0.4, -0.2) is 24.2 Å². The molecule has 0 spiro atoms. The molecule has 0 amide bonds. The van der Waals surface area contributed by atoms with Gasteiger partial charge in [0.05, 0.1) is 7.11 Å². The van der Waals surface area contributed by atoms with E-state index in [2.05, 4.69) is 4.74 Å². The quantitative estimate of drug-likeness (QED) is 0.427. The van der Waals surface area contributed by atoms with Crippen LogP contribution in [0.4, 0.5) is 0 Å². The summed E-state index contributed by atoms with van der Waals surface area (Å²) in [6.45, 7) is 0. The van der Waals surface area contributed by atoms with E-state index in [1.165, 1.54) is 7.11 Å². The first-order chi connectivity index (χ1) is 4.16. The molecular weight excluding hydrogens is 124 g/mol. The van der Waals surface area contributed by atoms with E-state index in [9.17, 15) is 9.59 Å². The standard InChI is InChI=1S/C5H6O4/c1-9-5(8)3-2-4(6)7/h3H,2H2,1H3/p+1. The molecule has 0 rings (SSSR count). The monoisotopic (exact) mass is 131 g/mol. The normalized spacial score (nSPS) is 8.11. The van der Waals surface area contributed by atoms with Gasteiger partial charge in [0.2, 0.25) is 6.42 Å². The SMILES string of the molecule is COC(=O)[CH+]CC(=O)O. The minimum Gasteiger partial charge on any atom is -0.478 e. The van der Waals surface area contributed by atoms with Crippen LogP contribution in [-0.2, 0) is 14.3 Å². The fourth-order valence-corrected chi connectivity index (χ4v) is 0.254. The van der Waals surface area contributed by atoms with Gasteiger partial charge in [0, 0.05) is 0 Å². The number of carboxylic acids is 1. The largest absolute Gasteiger partial charge is 0.496 e. The van der Waals surface area contributed by atoms with Crippen molar-refractivity contribution in [2.75, 3.05) is 7.11 Å². The third-order valence-corrected chi connectivity index (χ3v) is 0.645. The van der Waals surface area contributed by atoms with Gasteiger partial charge in [0.25, 0.3) is 0 Å². The number of esters is 1. The second-order valence-corrected chi connectivity index (χ2v) is 1.33. The predicted molar refractivity (Wildman–Crippen MR) is 28.6 cm³/mol. The molecule has 0 unspecified atom stereocenters. The van der Waals surface area contributed by atoms with E-state index in [4.69, 9.17) is 5.11 Å². The second-order valence-electron chi connectivity index (χ2n) is 1.33. The Labute approximate surface area is 52.4 Å². The maximum absolute atomic E-state index is 10.2. The topological polar surface area (TPSA) is 63.6 Å². The van der Waals surface area contributed by atoms with Crippen molar-refractivity contribution < 1.29 is 19.4 Å². The van der Waals surface area contributed by atoms with Gasteiger partial charge >= 0.3 is 11.9 Å². The first-order valence-corrected chi connectivity index (χ1v) is 2.29. The Morgan fingerprint density at radius 2 is 2.22 bits per heavy atom. The number of carbonyl (C=O) groups excluding carboxylic acids is 1. The molecule has 0 aromatic carbocycles. The summed E-state index contributed by atoms with van der Waals surface area (Å²) in [5, 5.41) is 8.02. The van der Waals surface area contributed by atoms with E-state index in [-0.39, 0.29) is 6.42 Å². The van der Waals surface area contributed by atoms with Gasteiger partial charge in [-0.05, 0) is 0 Å². The Bertz CT molecular complexity index is 118. The number of hydrogen-bond donors (Lipinski definition) is 1. The average Bonchev–Trinajstić information content (AvgIpc) is 1.83. The third kappa shape index (κ3) is 4.67. The molecule has 0 heterocycles. The molecule has 0 aliphatic heterocycles. The van der Waals surface area contributed by atoms with E-state index in [1.807, 2.05) is 0 Å². The lowest BCUT2D eigenvalue weighted by atomic mass is 10.3. The molecule has 0 aliphatic carbocycles. The fourth-order valence-electron chi connectivity index (χ4n) is 0.254. The van der Waals surface area contributed by atoms with Crippen molar-refractivity contribution in [1.82, 2.24) is 0 Å². The number of carbonyl (C=O) groups is 2. The van der Waals surface area contributed by atoms with Gasteiger partial charge in [-0.3, -0.25) is 0 Å². The molecule has 0 aromatic heterocycles. The summed E-state index contributed by atoms with van der Waals surface area (Å²) < 4.78 is 4.14. The zero-order chi connectivity index (χ0) is 7.28. The first-order valence-electron chi connectivity index (χ1n) is 2.29. The van der Waals surface area contributed by atoms with Gasteiger partial charge < -0.3 is 9.84 Å². The fraction of sp³-hybridized carbons (Fsp3) is 0.400. The van der Waals surface area contributed by atoms with Crippen LogP contribution in [0.1, 0.15) is 6.42 Å². The van der Waals surface area contributed by atoms with Crippen molar-refractivity contribution in [3.05, 3.63) is 6.42 Å². The van der Waals surface area contributed by atoms with Crippen LogP contribution in [0.25, 0.3) is 0 Å². The lowest BCUT2D eigenvalue weighted by molar-refractivity contribution is -0.141. The van der Waals surface area contributed by atoms with Gasteiger partial charge in [0.15, 0.2) is 6.42 Å². The van der Waals surface area contributed by atoms with Crippen LogP contribution in [0.15, 0.2) is 0 Å². The molecule has 0 aliphatic rings. The second kappa shape index (κ2) is 3.77.